The minimum absolute atomic E-state index is 0.445. The van der Waals surface area contributed by atoms with Gasteiger partial charge in [0.05, 0.1) is 0 Å². The number of hydrogen-bond acceptors (Lipinski definition) is 3. The van der Waals surface area contributed by atoms with Gasteiger partial charge >= 0.3 is 7.32 Å². The highest BCUT2D eigenvalue weighted by molar-refractivity contribution is 6.34. The summed E-state index contributed by atoms with van der Waals surface area (Å²) in [5.41, 5.74) is 0. The zero-order valence-corrected chi connectivity index (χ0v) is 23.8. The molecule has 0 radical (unpaired) electrons. The lowest BCUT2D eigenvalue weighted by atomic mass is 9.97. The Bertz CT molecular complexity index is 1400. The van der Waals surface area contributed by atoms with E-state index in [1.807, 2.05) is 48.8 Å². The van der Waals surface area contributed by atoms with Gasteiger partial charge in [0, 0.05) is 24.1 Å². The lowest BCUT2D eigenvalue weighted by Crippen LogP contribution is -2.41. The first kappa shape index (κ1) is 29.6. The minimum atomic E-state index is -1.51. The van der Waals surface area contributed by atoms with Gasteiger partial charge in [-0.15, -0.1) is 0 Å². The Morgan fingerprint density at radius 3 is 1.90 bits per heavy atom. The number of fused-ring (bicyclic) bond motifs is 4. The van der Waals surface area contributed by atoms with Crippen LogP contribution in [0.1, 0.15) is 71.1 Å². The fourth-order valence-electron chi connectivity index (χ4n) is 5.11. The number of pyridine rings is 1. The Morgan fingerprint density at radius 1 is 0.625 bits per heavy atom. The van der Waals surface area contributed by atoms with Crippen molar-refractivity contribution in [1.29, 1.82) is 0 Å². The maximum Gasteiger partial charge on any atom is 0.418 e. The van der Waals surface area contributed by atoms with E-state index in [0.717, 1.165) is 34.4 Å². The first-order chi connectivity index (χ1) is 19.8. The molecule has 1 N–H and O–H groups in total. The van der Waals surface area contributed by atoms with Crippen molar-refractivity contribution in [2.45, 2.75) is 71.1 Å². The number of aromatic nitrogens is 1. The molecule has 0 fully saturated rings. The molecular formula is C35H42BNO3. The van der Waals surface area contributed by atoms with Gasteiger partial charge in [-0.2, -0.15) is 0 Å². The second-order valence-corrected chi connectivity index (χ2v) is 10.4. The van der Waals surface area contributed by atoms with E-state index in [2.05, 4.69) is 60.4 Å². The van der Waals surface area contributed by atoms with Gasteiger partial charge in [-0.3, -0.25) is 0 Å². The van der Waals surface area contributed by atoms with E-state index in [1.165, 1.54) is 62.1 Å². The number of nitrogens with one attached hydrogen (secondary N) is 1. The molecule has 0 saturated heterocycles. The van der Waals surface area contributed by atoms with Crippen molar-refractivity contribution < 1.29 is 19.3 Å². The zero-order chi connectivity index (χ0) is 27.8. The maximum atomic E-state index is 12.5. The fourth-order valence-corrected chi connectivity index (χ4v) is 5.11. The summed E-state index contributed by atoms with van der Waals surface area (Å²) in [6.07, 6.45) is 16.3. The quantitative estimate of drug-likeness (QED) is 0.0622. The van der Waals surface area contributed by atoms with E-state index in [0.29, 0.717) is 12.4 Å². The third kappa shape index (κ3) is 9.07. The van der Waals surface area contributed by atoms with Crippen molar-refractivity contribution in [1.82, 2.24) is 0 Å². The van der Waals surface area contributed by atoms with E-state index in [4.69, 9.17) is 9.31 Å². The molecule has 0 unspecified atom stereocenters. The van der Waals surface area contributed by atoms with Gasteiger partial charge in [0.15, 0.2) is 12.4 Å². The lowest BCUT2D eigenvalue weighted by molar-refractivity contribution is -0.377. The Morgan fingerprint density at radius 2 is 1.25 bits per heavy atom. The summed E-state index contributed by atoms with van der Waals surface area (Å²) in [7, 11) is -1.51. The van der Waals surface area contributed by atoms with Gasteiger partial charge in [-0.05, 0) is 51.6 Å². The minimum Gasteiger partial charge on any atom is -0.820 e. The summed E-state index contributed by atoms with van der Waals surface area (Å²) in [5.74, 6) is 0.585. The topological polar surface area (TPSA) is 55.7 Å². The second-order valence-electron chi connectivity index (χ2n) is 10.4. The largest absolute Gasteiger partial charge is 0.820 e. The molecule has 0 spiro atoms. The average Bonchev–Trinajstić information content (AvgIpc) is 3.00. The van der Waals surface area contributed by atoms with Crippen LogP contribution < -0.4 is 14.7 Å². The van der Waals surface area contributed by atoms with Crippen molar-refractivity contribution >= 4 is 39.6 Å². The third-order valence-electron chi connectivity index (χ3n) is 7.27. The molecule has 0 atom stereocenters. The van der Waals surface area contributed by atoms with Gasteiger partial charge in [0.2, 0.25) is 0 Å². The summed E-state index contributed by atoms with van der Waals surface area (Å²) in [6, 6.07) is 28.6. The summed E-state index contributed by atoms with van der Waals surface area (Å²) in [4.78, 5) is 2.89. The van der Waals surface area contributed by atoms with Crippen molar-refractivity contribution in [2.75, 3.05) is 6.61 Å². The van der Waals surface area contributed by atoms with Crippen LogP contribution >= 0.6 is 0 Å². The van der Waals surface area contributed by atoms with Crippen LogP contribution in [0.2, 0.25) is 0 Å². The zero-order valence-electron chi connectivity index (χ0n) is 23.8. The van der Waals surface area contributed by atoms with Gasteiger partial charge in [0.25, 0.3) is 0 Å². The van der Waals surface area contributed by atoms with Crippen LogP contribution in [-0.4, -0.2) is 13.9 Å². The van der Waals surface area contributed by atoms with Crippen LogP contribution in [0.25, 0.3) is 32.3 Å². The van der Waals surface area contributed by atoms with Gasteiger partial charge in [-0.1, -0.05) is 119 Å². The molecule has 1 heterocycles. The predicted octanol–water partition coefficient (Wildman–Crippen LogP) is 8.31. The van der Waals surface area contributed by atoms with Crippen LogP contribution in [0, 0.1) is 0 Å². The van der Waals surface area contributed by atoms with Gasteiger partial charge < -0.3 is 14.3 Å². The molecule has 0 saturated carbocycles. The molecule has 5 aromatic rings. The monoisotopic (exact) mass is 535 g/mol. The number of benzene rings is 4. The number of H-pyrrole nitrogens is 1. The Labute approximate surface area is 239 Å². The number of aromatic amines is 1. The molecule has 5 heteroatoms. The maximum absolute atomic E-state index is 12.5. The highest BCUT2D eigenvalue weighted by Gasteiger charge is 2.11. The Balaban J connectivity index is 0.000000546. The summed E-state index contributed by atoms with van der Waals surface area (Å²) in [6.45, 7) is 2.70. The first-order valence-corrected chi connectivity index (χ1v) is 15.0. The SMILES string of the molecule is CCCCCCCCCCCCOB([O-])Oc1cccc2ccc3cc4ccccc4cc3c12.c1cc[nH+]cc1. The van der Waals surface area contributed by atoms with Crippen molar-refractivity contribution in [3.8, 4) is 5.75 Å². The van der Waals surface area contributed by atoms with Crippen molar-refractivity contribution in [2.24, 2.45) is 0 Å². The molecule has 0 aliphatic heterocycles. The van der Waals surface area contributed by atoms with E-state index < -0.39 is 7.32 Å². The molecule has 4 nitrogen and oxygen atoms in total. The fraction of sp³-hybridized carbons (Fsp3) is 0.343. The highest BCUT2D eigenvalue weighted by Crippen LogP contribution is 2.35. The molecule has 0 amide bonds. The standard InChI is InChI=1S/C30H36BO3.C5H5N/c1-2-3-4-5-6-7-8-9-10-13-21-33-31(32)34-29-18-14-17-24-19-20-27-22-25-15-11-12-16-26(25)23-28(27)30(24)29;1-2-4-6-5-3-1/h11-12,14-20,22-23H,2-10,13,21H2,1H3;1-5H/q-1;/p+1. The molecule has 0 bridgehead atoms. The van der Waals surface area contributed by atoms with E-state index in [9.17, 15) is 5.02 Å². The summed E-state index contributed by atoms with van der Waals surface area (Å²) < 4.78 is 11.2. The van der Waals surface area contributed by atoms with Crippen LogP contribution in [0.15, 0.2) is 97.3 Å². The predicted molar refractivity (Wildman–Crippen MR) is 166 cm³/mol. The number of hydrogen-bond donors (Lipinski definition) is 0. The van der Waals surface area contributed by atoms with E-state index in [1.54, 1.807) is 0 Å². The third-order valence-corrected chi connectivity index (χ3v) is 7.27. The molecule has 1 aromatic heterocycles. The number of rotatable bonds is 14. The van der Waals surface area contributed by atoms with Crippen LogP contribution in [0.4, 0.5) is 0 Å². The Hall–Kier alpha value is -3.41. The molecule has 40 heavy (non-hydrogen) atoms. The Kier molecular flexibility index (Phi) is 12.3. The van der Waals surface area contributed by atoms with Gasteiger partial charge in [0.1, 0.15) is 5.75 Å². The molecule has 5 rings (SSSR count). The normalized spacial score (nSPS) is 10.9. The average molecular weight is 536 g/mol. The lowest BCUT2D eigenvalue weighted by Gasteiger charge is -2.22. The molecule has 208 valence electrons. The van der Waals surface area contributed by atoms with Crippen LogP contribution in [0.3, 0.4) is 0 Å². The smallest absolute Gasteiger partial charge is 0.418 e. The molecule has 0 aliphatic carbocycles. The summed E-state index contributed by atoms with van der Waals surface area (Å²) >= 11 is 0. The van der Waals surface area contributed by atoms with Crippen LogP contribution in [-0.2, 0) is 4.65 Å². The second kappa shape index (κ2) is 16.6. The first-order valence-electron chi connectivity index (χ1n) is 15.0. The van der Waals surface area contributed by atoms with Crippen molar-refractivity contribution in [3.05, 3.63) is 97.3 Å². The highest BCUT2D eigenvalue weighted by atomic mass is 16.7. The van der Waals surface area contributed by atoms with E-state index in [-0.39, 0.29) is 0 Å². The summed E-state index contributed by atoms with van der Waals surface area (Å²) in [5, 5.41) is 19.1. The number of unbranched alkanes of at least 4 members (excludes halogenated alkanes) is 9. The molecule has 0 aliphatic rings. The van der Waals surface area contributed by atoms with Crippen LogP contribution in [0.5, 0.6) is 5.75 Å². The van der Waals surface area contributed by atoms with Gasteiger partial charge in [-0.25, -0.2) is 4.98 Å². The van der Waals surface area contributed by atoms with E-state index >= 15 is 0 Å². The molecule has 4 aromatic carbocycles. The molecular weight excluding hydrogens is 493 g/mol. The van der Waals surface area contributed by atoms with Crippen molar-refractivity contribution in [3.63, 3.8) is 0 Å².